The fourth-order valence-corrected chi connectivity index (χ4v) is 3.90. The summed E-state index contributed by atoms with van der Waals surface area (Å²) in [5.41, 5.74) is 9.70. The van der Waals surface area contributed by atoms with E-state index in [0.717, 1.165) is 24.1 Å². The third-order valence-corrected chi connectivity index (χ3v) is 4.99. The minimum Gasteiger partial charge on any atom is -0.398 e. The maximum Gasteiger partial charge on any atom is 0.258 e. The second-order valence-corrected chi connectivity index (χ2v) is 8.32. The molecular formula is C18H21ClN2O3S. The summed E-state index contributed by atoms with van der Waals surface area (Å²) < 4.78 is 23.0. The number of sulfone groups is 1. The summed E-state index contributed by atoms with van der Waals surface area (Å²) in [6, 6.07) is 12.4. The van der Waals surface area contributed by atoms with E-state index in [9.17, 15) is 13.2 Å². The first-order valence-corrected chi connectivity index (χ1v) is 9.87. The number of rotatable bonds is 3. The number of amides is 1. The SMILES string of the molecule is CS(=O)(=O)Cc1cccc(C(=O)N2CCCc3c(N)cccc32)c1.Cl. The lowest BCUT2D eigenvalue weighted by atomic mass is 9.99. The van der Waals surface area contributed by atoms with Crippen molar-refractivity contribution in [2.24, 2.45) is 0 Å². The molecule has 25 heavy (non-hydrogen) atoms. The zero-order chi connectivity index (χ0) is 17.3. The predicted molar refractivity (Wildman–Crippen MR) is 103 cm³/mol. The van der Waals surface area contributed by atoms with Crippen molar-refractivity contribution in [2.45, 2.75) is 18.6 Å². The van der Waals surface area contributed by atoms with Gasteiger partial charge in [-0.05, 0) is 48.2 Å². The van der Waals surface area contributed by atoms with Crippen molar-refractivity contribution < 1.29 is 13.2 Å². The van der Waals surface area contributed by atoms with E-state index in [4.69, 9.17) is 5.73 Å². The summed E-state index contributed by atoms with van der Waals surface area (Å²) in [7, 11) is -3.14. The Morgan fingerprint density at radius 1 is 1.20 bits per heavy atom. The number of hydrogen-bond donors (Lipinski definition) is 1. The maximum atomic E-state index is 12.9. The normalized spacial score (nSPS) is 13.7. The zero-order valence-corrected chi connectivity index (χ0v) is 15.6. The van der Waals surface area contributed by atoms with Crippen LogP contribution in [0, 0.1) is 0 Å². The summed E-state index contributed by atoms with van der Waals surface area (Å²) in [6.07, 6.45) is 2.90. The average molecular weight is 381 g/mol. The molecule has 0 aromatic heterocycles. The van der Waals surface area contributed by atoms with Crippen LogP contribution in [0.25, 0.3) is 0 Å². The minimum atomic E-state index is -3.14. The number of anilines is 2. The van der Waals surface area contributed by atoms with Crippen molar-refractivity contribution in [1.29, 1.82) is 0 Å². The molecular weight excluding hydrogens is 360 g/mol. The van der Waals surface area contributed by atoms with Crippen molar-refractivity contribution in [3.8, 4) is 0 Å². The van der Waals surface area contributed by atoms with Crippen LogP contribution in [0.15, 0.2) is 42.5 Å². The van der Waals surface area contributed by atoms with Crippen LogP contribution >= 0.6 is 12.4 Å². The lowest BCUT2D eigenvalue weighted by Gasteiger charge is -2.30. The monoisotopic (exact) mass is 380 g/mol. The third-order valence-electron chi connectivity index (χ3n) is 4.13. The molecule has 0 saturated carbocycles. The van der Waals surface area contributed by atoms with E-state index in [1.54, 1.807) is 29.2 Å². The Labute approximate surface area is 154 Å². The molecule has 1 aliphatic rings. The van der Waals surface area contributed by atoms with E-state index < -0.39 is 9.84 Å². The van der Waals surface area contributed by atoms with Crippen molar-refractivity contribution in [3.05, 3.63) is 59.2 Å². The number of carbonyl (C=O) groups is 1. The topological polar surface area (TPSA) is 80.5 Å². The lowest BCUT2D eigenvalue weighted by Crippen LogP contribution is -2.35. The Morgan fingerprint density at radius 2 is 1.92 bits per heavy atom. The van der Waals surface area contributed by atoms with Crippen LogP contribution in [0.4, 0.5) is 11.4 Å². The average Bonchev–Trinajstić information content (AvgIpc) is 2.53. The van der Waals surface area contributed by atoms with Crippen LogP contribution in [-0.2, 0) is 22.0 Å². The van der Waals surface area contributed by atoms with Crippen molar-refractivity contribution in [3.63, 3.8) is 0 Å². The molecule has 1 amide bonds. The summed E-state index contributed by atoms with van der Waals surface area (Å²) in [5.74, 6) is -0.200. The van der Waals surface area contributed by atoms with Crippen molar-refractivity contribution in [2.75, 3.05) is 23.4 Å². The summed E-state index contributed by atoms with van der Waals surface area (Å²) in [5, 5.41) is 0. The largest absolute Gasteiger partial charge is 0.398 e. The van der Waals surface area contributed by atoms with E-state index in [0.29, 0.717) is 23.4 Å². The molecule has 5 nitrogen and oxygen atoms in total. The Balaban J connectivity index is 0.00000225. The van der Waals surface area contributed by atoms with E-state index in [2.05, 4.69) is 0 Å². The molecule has 0 radical (unpaired) electrons. The van der Waals surface area contributed by atoms with Crippen molar-refractivity contribution in [1.82, 2.24) is 0 Å². The first-order chi connectivity index (χ1) is 11.3. The number of nitrogens with zero attached hydrogens (tertiary/aromatic N) is 1. The van der Waals surface area contributed by atoms with Crippen LogP contribution in [0.1, 0.15) is 27.9 Å². The second-order valence-electron chi connectivity index (χ2n) is 6.18. The van der Waals surface area contributed by atoms with Gasteiger partial charge in [0.1, 0.15) is 0 Å². The van der Waals surface area contributed by atoms with Gasteiger partial charge >= 0.3 is 0 Å². The molecule has 3 rings (SSSR count). The van der Waals surface area contributed by atoms with Gasteiger partial charge in [-0.25, -0.2) is 8.42 Å². The third kappa shape index (κ3) is 4.32. The Kier molecular flexibility index (Phi) is 5.75. The fraction of sp³-hybridized carbons (Fsp3) is 0.278. The number of nitrogens with two attached hydrogens (primary N) is 1. The quantitative estimate of drug-likeness (QED) is 0.830. The number of benzene rings is 2. The molecule has 7 heteroatoms. The zero-order valence-electron chi connectivity index (χ0n) is 13.9. The highest BCUT2D eigenvalue weighted by atomic mass is 35.5. The molecule has 0 atom stereocenters. The van der Waals surface area contributed by atoms with Gasteiger partial charge in [0.05, 0.1) is 5.75 Å². The molecule has 1 aliphatic heterocycles. The molecule has 2 aromatic carbocycles. The van der Waals surface area contributed by atoms with Crippen LogP contribution in [0.2, 0.25) is 0 Å². The van der Waals surface area contributed by atoms with Crippen LogP contribution in [0.5, 0.6) is 0 Å². The summed E-state index contributed by atoms with van der Waals surface area (Å²) >= 11 is 0. The van der Waals surface area contributed by atoms with Gasteiger partial charge in [-0.3, -0.25) is 4.79 Å². The van der Waals surface area contributed by atoms with Gasteiger partial charge in [0.25, 0.3) is 5.91 Å². The molecule has 0 fully saturated rings. The Bertz CT molecular complexity index is 897. The molecule has 134 valence electrons. The number of carbonyl (C=O) groups excluding carboxylic acids is 1. The predicted octanol–water partition coefficient (Wildman–Crippen LogP) is 2.83. The van der Waals surface area contributed by atoms with E-state index in [1.165, 1.54) is 6.26 Å². The molecule has 0 saturated heterocycles. The van der Waals surface area contributed by atoms with E-state index in [-0.39, 0.29) is 24.1 Å². The number of nitrogen functional groups attached to an aromatic ring is 1. The second kappa shape index (κ2) is 7.45. The van der Waals surface area contributed by atoms with Gasteiger partial charge in [-0.15, -0.1) is 12.4 Å². The highest BCUT2D eigenvalue weighted by Crippen LogP contribution is 2.32. The number of fused-ring (bicyclic) bond motifs is 1. The lowest BCUT2D eigenvalue weighted by molar-refractivity contribution is 0.0985. The summed E-state index contributed by atoms with van der Waals surface area (Å²) in [6.45, 7) is 0.631. The highest BCUT2D eigenvalue weighted by molar-refractivity contribution is 7.89. The molecule has 2 aromatic rings. The van der Waals surface area contributed by atoms with Crippen LogP contribution < -0.4 is 10.6 Å². The molecule has 1 heterocycles. The number of hydrogen-bond acceptors (Lipinski definition) is 4. The van der Waals surface area contributed by atoms with Crippen LogP contribution in [0.3, 0.4) is 0 Å². The standard InChI is InChI=1S/C18H20N2O3S.ClH/c1-24(22,23)12-13-5-2-6-14(11-13)18(21)20-10-4-7-15-16(19)8-3-9-17(15)20;/h2-3,5-6,8-9,11H,4,7,10,12,19H2,1H3;1H. The van der Waals surface area contributed by atoms with Crippen molar-refractivity contribution >= 4 is 39.5 Å². The van der Waals surface area contributed by atoms with Gasteiger partial charge in [0, 0.05) is 29.7 Å². The maximum absolute atomic E-state index is 12.9. The summed E-state index contributed by atoms with van der Waals surface area (Å²) in [4.78, 5) is 14.7. The Morgan fingerprint density at radius 3 is 2.64 bits per heavy atom. The highest BCUT2D eigenvalue weighted by Gasteiger charge is 2.24. The van der Waals surface area contributed by atoms with Gasteiger partial charge < -0.3 is 10.6 Å². The molecule has 2 N–H and O–H groups in total. The van der Waals surface area contributed by atoms with Gasteiger partial charge in [-0.1, -0.05) is 18.2 Å². The molecule has 0 unspecified atom stereocenters. The van der Waals surface area contributed by atoms with Gasteiger partial charge in [-0.2, -0.15) is 0 Å². The van der Waals surface area contributed by atoms with E-state index >= 15 is 0 Å². The van der Waals surface area contributed by atoms with Crippen LogP contribution in [-0.4, -0.2) is 27.1 Å². The molecule has 0 spiro atoms. The smallest absolute Gasteiger partial charge is 0.258 e. The van der Waals surface area contributed by atoms with Gasteiger partial charge in [0.15, 0.2) is 9.84 Å². The first-order valence-electron chi connectivity index (χ1n) is 7.81. The first kappa shape index (κ1) is 19.3. The molecule has 0 bridgehead atoms. The molecule has 0 aliphatic carbocycles. The fourth-order valence-electron chi connectivity index (χ4n) is 3.12. The number of halogens is 1. The minimum absolute atomic E-state index is 0. The van der Waals surface area contributed by atoms with E-state index in [1.807, 2.05) is 18.2 Å². The van der Waals surface area contributed by atoms with Gasteiger partial charge in [0.2, 0.25) is 0 Å². The Hall–Kier alpha value is -2.05.